The highest BCUT2D eigenvalue weighted by molar-refractivity contribution is 5.95. The van der Waals surface area contributed by atoms with Gasteiger partial charge in [-0.1, -0.05) is 54.8 Å². The van der Waals surface area contributed by atoms with Crippen molar-refractivity contribution in [2.24, 2.45) is 5.92 Å². The van der Waals surface area contributed by atoms with Gasteiger partial charge in [-0.3, -0.25) is 9.59 Å². The van der Waals surface area contributed by atoms with Crippen LogP contribution in [0.15, 0.2) is 48.5 Å². The SMILES string of the molecule is Cc1cccc(CN(C(=O)C2CCCC2)c2ccc(CC(=O)NC[C@@H]3CCCO3)cc2)c1. The molecule has 5 nitrogen and oxygen atoms in total. The number of hydrogen-bond donors (Lipinski definition) is 1. The topological polar surface area (TPSA) is 58.6 Å². The maximum Gasteiger partial charge on any atom is 0.230 e. The lowest BCUT2D eigenvalue weighted by Gasteiger charge is -2.26. The molecule has 1 atom stereocenters. The summed E-state index contributed by atoms with van der Waals surface area (Å²) in [5, 5.41) is 2.98. The zero-order chi connectivity index (χ0) is 22.3. The van der Waals surface area contributed by atoms with Crippen molar-refractivity contribution in [3.63, 3.8) is 0 Å². The second kappa shape index (κ2) is 10.8. The molecule has 1 saturated heterocycles. The maximum atomic E-state index is 13.4. The van der Waals surface area contributed by atoms with E-state index in [1.807, 2.05) is 35.2 Å². The number of hydrogen-bond acceptors (Lipinski definition) is 3. The molecule has 32 heavy (non-hydrogen) atoms. The number of aryl methyl sites for hydroxylation is 1. The lowest BCUT2D eigenvalue weighted by Crippen LogP contribution is -2.35. The van der Waals surface area contributed by atoms with Crippen LogP contribution in [0.1, 0.15) is 55.2 Å². The number of anilines is 1. The Balaban J connectivity index is 1.43. The third-order valence-electron chi connectivity index (χ3n) is 6.56. The predicted octanol–water partition coefficient (Wildman–Crippen LogP) is 4.56. The van der Waals surface area contributed by atoms with Crippen LogP contribution in [0.3, 0.4) is 0 Å². The largest absolute Gasteiger partial charge is 0.376 e. The molecule has 5 heteroatoms. The highest BCUT2D eigenvalue weighted by atomic mass is 16.5. The molecule has 2 fully saturated rings. The molecule has 0 bridgehead atoms. The van der Waals surface area contributed by atoms with Crippen molar-refractivity contribution in [3.05, 3.63) is 65.2 Å². The van der Waals surface area contributed by atoms with Gasteiger partial charge in [-0.25, -0.2) is 0 Å². The van der Waals surface area contributed by atoms with Gasteiger partial charge in [-0.15, -0.1) is 0 Å². The van der Waals surface area contributed by atoms with Crippen molar-refractivity contribution in [1.82, 2.24) is 5.32 Å². The Morgan fingerprint density at radius 3 is 2.47 bits per heavy atom. The Bertz CT molecular complexity index is 913. The summed E-state index contributed by atoms with van der Waals surface area (Å²) in [6.07, 6.45) is 6.79. The van der Waals surface area contributed by atoms with Crippen molar-refractivity contribution >= 4 is 17.5 Å². The summed E-state index contributed by atoms with van der Waals surface area (Å²) in [7, 11) is 0. The highest BCUT2D eigenvalue weighted by Gasteiger charge is 2.28. The zero-order valence-electron chi connectivity index (χ0n) is 19.0. The molecule has 2 aromatic carbocycles. The van der Waals surface area contributed by atoms with Crippen LogP contribution in [-0.4, -0.2) is 31.1 Å². The van der Waals surface area contributed by atoms with Crippen molar-refractivity contribution in [3.8, 4) is 0 Å². The minimum absolute atomic E-state index is 0.00639. The lowest BCUT2D eigenvalue weighted by molar-refractivity contribution is -0.122. The van der Waals surface area contributed by atoms with Crippen molar-refractivity contribution in [2.75, 3.05) is 18.1 Å². The van der Waals surface area contributed by atoms with E-state index >= 15 is 0 Å². The van der Waals surface area contributed by atoms with Gasteiger partial charge in [-0.05, 0) is 55.9 Å². The van der Waals surface area contributed by atoms with Crippen molar-refractivity contribution in [1.29, 1.82) is 0 Å². The number of ether oxygens (including phenoxy) is 1. The summed E-state index contributed by atoms with van der Waals surface area (Å²) < 4.78 is 5.56. The Kier molecular flexibility index (Phi) is 7.59. The van der Waals surface area contributed by atoms with Crippen molar-refractivity contribution in [2.45, 2.75) is 64.5 Å². The molecule has 2 aromatic rings. The number of carbonyl (C=O) groups excluding carboxylic acids is 2. The van der Waals surface area contributed by atoms with Crippen LogP contribution in [0, 0.1) is 12.8 Å². The maximum absolute atomic E-state index is 13.4. The minimum atomic E-state index is 0.00639. The molecule has 0 radical (unpaired) electrons. The number of nitrogens with zero attached hydrogens (tertiary/aromatic N) is 1. The molecule has 0 unspecified atom stereocenters. The lowest BCUT2D eigenvalue weighted by atomic mass is 10.0. The van der Waals surface area contributed by atoms with Crippen LogP contribution in [0.5, 0.6) is 0 Å². The summed E-state index contributed by atoms with van der Waals surface area (Å²) in [6.45, 7) is 4.02. The van der Waals surface area contributed by atoms with Crippen LogP contribution in [0.2, 0.25) is 0 Å². The first-order chi connectivity index (χ1) is 15.6. The minimum Gasteiger partial charge on any atom is -0.376 e. The molecule has 0 aromatic heterocycles. The molecular weight excluding hydrogens is 400 g/mol. The normalized spacial score (nSPS) is 18.6. The Labute approximate surface area is 191 Å². The van der Waals surface area contributed by atoms with E-state index < -0.39 is 0 Å². The second-order valence-corrected chi connectivity index (χ2v) is 9.18. The molecule has 2 aliphatic rings. The third kappa shape index (κ3) is 5.98. The average molecular weight is 435 g/mol. The van der Waals surface area contributed by atoms with Gasteiger partial charge in [0.25, 0.3) is 0 Å². The van der Waals surface area contributed by atoms with Gasteiger partial charge in [0.05, 0.1) is 19.1 Å². The van der Waals surface area contributed by atoms with Gasteiger partial charge in [0.15, 0.2) is 0 Å². The van der Waals surface area contributed by atoms with E-state index in [9.17, 15) is 9.59 Å². The van der Waals surface area contributed by atoms with E-state index in [2.05, 4.69) is 30.4 Å². The number of carbonyl (C=O) groups is 2. The first-order valence-corrected chi connectivity index (χ1v) is 11.9. The molecule has 1 aliphatic carbocycles. The van der Waals surface area contributed by atoms with Gasteiger partial charge in [0.2, 0.25) is 11.8 Å². The smallest absolute Gasteiger partial charge is 0.230 e. The van der Waals surface area contributed by atoms with Gasteiger partial charge in [0, 0.05) is 24.8 Å². The fraction of sp³-hybridized carbons (Fsp3) is 0.481. The second-order valence-electron chi connectivity index (χ2n) is 9.18. The molecule has 2 amide bonds. The molecule has 170 valence electrons. The number of amides is 2. The summed E-state index contributed by atoms with van der Waals surface area (Å²) >= 11 is 0. The molecule has 0 spiro atoms. The Hall–Kier alpha value is -2.66. The quantitative estimate of drug-likeness (QED) is 0.663. The van der Waals surface area contributed by atoms with Gasteiger partial charge in [-0.2, -0.15) is 0 Å². The van der Waals surface area contributed by atoms with E-state index in [0.29, 0.717) is 19.5 Å². The van der Waals surface area contributed by atoms with E-state index in [0.717, 1.165) is 61.9 Å². The molecule has 1 aliphatic heterocycles. The van der Waals surface area contributed by atoms with Crippen LogP contribution in [0.25, 0.3) is 0 Å². The third-order valence-corrected chi connectivity index (χ3v) is 6.56. The number of nitrogens with one attached hydrogen (secondary N) is 1. The molecule has 4 rings (SSSR count). The first-order valence-electron chi connectivity index (χ1n) is 11.9. The van der Waals surface area contributed by atoms with E-state index in [4.69, 9.17) is 4.74 Å². The highest BCUT2D eigenvalue weighted by Crippen LogP contribution is 2.30. The van der Waals surface area contributed by atoms with E-state index in [-0.39, 0.29) is 23.8 Å². The summed E-state index contributed by atoms with van der Waals surface area (Å²) in [5.74, 6) is 0.334. The van der Waals surface area contributed by atoms with E-state index in [1.54, 1.807) is 0 Å². The van der Waals surface area contributed by atoms with E-state index in [1.165, 1.54) is 5.56 Å². The Morgan fingerprint density at radius 2 is 1.78 bits per heavy atom. The first kappa shape index (κ1) is 22.5. The monoisotopic (exact) mass is 434 g/mol. The molecule has 1 heterocycles. The average Bonchev–Trinajstić information content (AvgIpc) is 3.51. The summed E-state index contributed by atoms with van der Waals surface area (Å²) in [5.41, 5.74) is 4.17. The fourth-order valence-electron chi connectivity index (χ4n) is 4.76. The van der Waals surface area contributed by atoms with Crippen LogP contribution in [0.4, 0.5) is 5.69 Å². The fourth-order valence-corrected chi connectivity index (χ4v) is 4.76. The van der Waals surface area contributed by atoms with Gasteiger partial charge in [0.1, 0.15) is 0 Å². The standard InChI is InChI=1S/C27H34N2O3/c1-20-6-4-7-22(16-20)19-29(27(31)23-8-2-3-9-23)24-13-11-21(12-14-24)17-26(30)28-18-25-10-5-15-32-25/h4,6-7,11-14,16,23,25H,2-3,5,8-10,15,17-19H2,1H3,(H,28,30)/t25-/m0/s1. The van der Waals surface area contributed by atoms with Crippen LogP contribution in [-0.2, 0) is 27.3 Å². The van der Waals surface area contributed by atoms with Crippen molar-refractivity contribution < 1.29 is 14.3 Å². The number of benzene rings is 2. The van der Waals surface area contributed by atoms with Crippen LogP contribution < -0.4 is 10.2 Å². The van der Waals surface area contributed by atoms with Gasteiger partial charge >= 0.3 is 0 Å². The van der Waals surface area contributed by atoms with Crippen LogP contribution >= 0.6 is 0 Å². The summed E-state index contributed by atoms with van der Waals surface area (Å²) in [4.78, 5) is 27.6. The van der Waals surface area contributed by atoms with Gasteiger partial charge < -0.3 is 15.0 Å². The summed E-state index contributed by atoms with van der Waals surface area (Å²) in [6, 6.07) is 16.2. The molecule has 1 N–H and O–H groups in total. The Morgan fingerprint density at radius 1 is 1.00 bits per heavy atom. The molecular formula is C27H34N2O3. The predicted molar refractivity (Wildman–Crippen MR) is 126 cm³/mol. The zero-order valence-corrected chi connectivity index (χ0v) is 19.0. The number of rotatable bonds is 8. The molecule has 1 saturated carbocycles.